The van der Waals surface area contributed by atoms with E-state index in [9.17, 15) is 18.0 Å². The van der Waals surface area contributed by atoms with E-state index in [0.29, 0.717) is 23.9 Å². The summed E-state index contributed by atoms with van der Waals surface area (Å²) in [7, 11) is -1.50. The van der Waals surface area contributed by atoms with Crippen molar-refractivity contribution in [1.29, 1.82) is 0 Å². The Morgan fingerprint density at radius 1 is 1.24 bits per heavy atom. The van der Waals surface area contributed by atoms with Crippen molar-refractivity contribution in [3.05, 3.63) is 34.8 Å². The van der Waals surface area contributed by atoms with Crippen LogP contribution in [0.15, 0.2) is 29.2 Å². The Hall–Kier alpha value is -2.34. The highest BCUT2D eigenvalue weighted by molar-refractivity contribution is 7.89. The van der Waals surface area contributed by atoms with Crippen LogP contribution in [0.5, 0.6) is 0 Å². The van der Waals surface area contributed by atoms with Crippen molar-refractivity contribution in [3.8, 4) is 0 Å². The molecular weight excluding hydrogens is 462 g/mol. The molecule has 0 bridgehead atoms. The zero-order valence-electron chi connectivity index (χ0n) is 19.1. The van der Waals surface area contributed by atoms with Crippen molar-refractivity contribution >= 4 is 44.0 Å². The van der Waals surface area contributed by atoms with Crippen molar-refractivity contribution in [3.63, 3.8) is 0 Å². The highest BCUT2D eigenvalue weighted by atomic mass is 32.2. The first kappa shape index (κ1) is 23.8. The van der Waals surface area contributed by atoms with Crippen LogP contribution >= 0.6 is 11.3 Å². The summed E-state index contributed by atoms with van der Waals surface area (Å²) in [5.41, 5.74) is 1.62. The van der Waals surface area contributed by atoms with Crippen LogP contribution in [-0.2, 0) is 32.6 Å². The molecule has 1 N–H and O–H groups in total. The van der Waals surface area contributed by atoms with Crippen LogP contribution in [-0.4, -0.2) is 67.6 Å². The molecule has 33 heavy (non-hydrogen) atoms. The van der Waals surface area contributed by atoms with Crippen LogP contribution in [0.3, 0.4) is 0 Å². The molecule has 0 aliphatic carbocycles. The predicted molar refractivity (Wildman–Crippen MR) is 128 cm³/mol. The number of sulfonamides is 1. The molecule has 0 unspecified atom stereocenters. The lowest BCUT2D eigenvalue weighted by Gasteiger charge is -2.20. The summed E-state index contributed by atoms with van der Waals surface area (Å²) in [5, 5.41) is 3.47. The number of anilines is 2. The molecule has 2 aliphatic rings. The van der Waals surface area contributed by atoms with Gasteiger partial charge in [-0.05, 0) is 31.3 Å². The van der Waals surface area contributed by atoms with E-state index in [1.807, 2.05) is 0 Å². The smallest absolute Gasteiger partial charge is 0.243 e. The third-order valence-corrected chi connectivity index (χ3v) is 9.20. The number of aromatic nitrogens is 1. The maximum Gasteiger partial charge on any atom is 0.243 e. The number of nitrogens with zero attached hydrogens (tertiary/aromatic N) is 4. The quantitative estimate of drug-likeness (QED) is 0.637. The second kappa shape index (κ2) is 9.49. The molecule has 3 heterocycles. The summed E-state index contributed by atoms with van der Waals surface area (Å²) < 4.78 is 26.8. The summed E-state index contributed by atoms with van der Waals surface area (Å²) in [5.74, 6) is -0.860. The minimum atomic E-state index is -3.56. The highest BCUT2D eigenvalue weighted by Gasteiger charge is 2.36. The number of benzene rings is 1. The zero-order chi connectivity index (χ0) is 23.8. The number of thiazole rings is 1. The minimum absolute atomic E-state index is 0.110. The highest BCUT2D eigenvalue weighted by Crippen LogP contribution is 2.30. The lowest BCUT2D eigenvalue weighted by atomic mass is 10.1. The zero-order valence-corrected chi connectivity index (χ0v) is 20.7. The number of amides is 2. The van der Waals surface area contributed by atoms with Gasteiger partial charge in [0.25, 0.3) is 0 Å². The van der Waals surface area contributed by atoms with Crippen molar-refractivity contribution in [2.24, 2.45) is 5.92 Å². The van der Waals surface area contributed by atoms with E-state index in [-0.39, 0.29) is 29.7 Å². The van der Waals surface area contributed by atoms with E-state index in [4.69, 9.17) is 0 Å². The topological polar surface area (TPSA) is 103 Å². The monoisotopic (exact) mass is 491 g/mol. The number of carbonyl (C=O) groups is 2. The summed E-state index contributed by atoms with van der Waals surface area (Å²) in [6.07, 6.45) is 0.979. The number of carbonyl (C=O) groups excluding carboxylic acids is 2. The van der Waals surface area contributed by atoms with E-state index < -0.39 is 15.9 Å². The van der Waals surface area contributed by atoms with E-state index in [0.717, 1.165) is 25.2 Å². The fraction of sp³-hybridized carbons (Fsp3) is 0.500. The van der Waals surface area contributed by atoms with E-state index in [1.165, 1.54) is 32.7 Å². The Kier molecular flexibility index (Phi) is 6.85. The van der Waals surface area contributed by atoms with Crippen LogP contribution in [0.4, 0.5) is 10.8 Å². The number of nitrogens with one attached hydrogen (secondary N) is 1. The molecule has 11 heteroatoms. The number of hydrogen-bond acceptors (Lipinski definition) is 7. The van der Waals surface area contributed by atoms with Crippen molar-refractivity contribution in [1.82, 2.24) is 14.2 Å². The van der Waals surface area contributed by atoms with Gasteiger partial charge in [0, 0.05) is 56.1 Å². The Morgan fingerprint density at radius 3 is 2.61 bits per heavy atom. The van der Waals surface area contributed by atoms with Gasteiger partial charge < -0.3 is 15.1 Å². The Balaban J connectivity index is 1.42. The van der Waals surface area contributed by atoms with E-state index in [2.05, 4.69) is 22.2 Å². The number of likely N-dealkylation sites (N-methyl/N-ethyl adjacent to an activating group) is 1. The van der Waals surface area contributed by atoms with Gasteiger partial charge >= 0.3 is 0 Å². The lowest BCUT2D eigenvalue weighted by molar-refractivity contribution is -0.122. The first-order valence-electron chi connectivity index (χ1n) is 11.1. The van der Waals surface area contributed by atoms with Gasteiger partial charge in [-0.3, -0.25) is 9.59 Å². The molecule has 9 nitrogen and oxygen atoms in total. The largest absolute Gasteiger partial charge is 0.312 e. The molecule has 1 saturated heterocycles. The van der Waals surface area contributed by atoms with Crippen LogP contribution in [0, 0.1) is 5.92 Å². The first-order valence-corrected chi connectivity index (χ1v) is 13.4. The fourth-order valence-electron chi connectivity index (χ4n) is 4.23. The minimum Gasteiger partial charge on any atom is -0.312 e. The summed E-state index contributed by atoms with van der Waals surface area (Å²) in [6, 6.07) is 6.28. The Labute approximate surface area is 198 Å². The molecule has 1 atom stereocenters. The standard InChI is InChI=1S/C22H29N5O4S2/c1-4-26(5-2)33(30,31)17-8-6-16(7-9-17)27-13-15(12-20(27)28)21(29)24-22-23-18-10-11-25(3)14-19(18)32-22/h6-9,15H,4-5,10-14H2,1-3H3,(H,23,24,29)/t15-/m0/s1. The number of hydrogen-bond donors (Lipinski definition) is 1. The van der Waals surface area contributed by atoms with Gasteiger partial charge in [0.05, 0.1) is 16.5 Å². The van der Waals surface area contributed by atoms with Gasteiger partial charge in [0.1, 0.15) is 0 Å². The molecule has 178 valence electrons. The lowest BCUT2D eigenvalue weighted by Crippen LogP contribution is -2.31. The molecule has 0 radical (unpaired) electrons. The first-order chi connectivity index (χ1) is 15.7. The van der Waals surface area contributed by atoms with Crippen molar-refractivity contribution in [2.45, 2.75) is 38.1 Å². The van der Waals surface area contributed by atoms with Gasteiger partial charge in [-0.25, -0.2) is 13.4 Å². The third kappa shape index (κ3) is 4.81. The Bertz CT molecular complexity index is 1140. The second-order valence-electron chi connectivity index (χ2n) is 8.35. The van der Waals surface area contributed by atoms with Crippen LogP contribution < -0.4 is 10.2 Å². The number of rotatable bonds is 7. The third-order valence-electron chi connectivity index (χ3n) is 6.14. The van der Waals surface area contributed by atoms with Crippen molar-refractivity contribution in [2.75, 3.05) is 43.4 Å². The molecule has 1 aromatic carbocycles. The van der Waals surface area contributed by atoms with E-state index in [1.54, 1.807) is 30.9 Å². The molecule has 0 saturated carbocycles. The molecule has 1 aromatic heterocycles. The molecule has 2 aromatic rings. The second-order valence-corrected chi connectivity index (χ2v) is 11.4. The van der Waals surface area contributed by atoms with Gasteiger partial charge in [-0.15, -0.1) is 11.3 Å². The van der Waals surface area contributed by atoms with Crippen LogP contribution in [0.2, 0.25) is 0 Å². The number of fused-ring (bicyclic) bond motifs is 1. The maximum atomic E-state index is 12.8. The van der Waals surface area contributed by atoms with E-state index >= 15 is 0 Å². The molecule has 1 fully saturated rings. The van der Waals surface area contributed by atoms with Gasteiger partial charge in [-0.2, -0.15) is 4.31 Å². The maximum absolute atomic E-state index is 12.8. The van der Waals surface area contributed by atoms with Crippen LogP contribution in [0.1, 0.15) is 30.8 Å². The average Bonchev–Trinajstić information content (AvgIpc) is 3.37. The summed E-state index contributed by atoms with van der Waals surface area (Å²) >= 11 is 1.49. The predicted octanol–water partition coefficient (Wildman–Crippen LogP) is 2.15. The molecule has 4 rings (SSSR count). The van der Waals surface area contributed by atoms with Crippen molar-refractivity contribution < 1.29 is 18.0 Å². The van der Waals surface area contributed by atoms with Crippen LogP contribution in [0.25, 0.3) is 0 Å². The van der Waals surface area contributed by atoms with Gasteiger partial charge in [0.2, 0.25) is 21.8 Å². The summed E-state index contributed by atoms with van der Waals surface area (Å²) in [6.45, 7) is 6.40. The SMILES string of the molecule is CCN(CC)S(=O)(=O)c1ccc(N2C[C@@H](C(=O)Nc3nc4c(s3)CN(C)CC4)CC2=O)cc1. The molecule has 2 aliphatic heterocycles. The summed E-state index contributed by atoms with van der Waals surface area (Å²) in [4.78, 5) is 35.1. The average molecular weight is 492 g/mol. The Morgan fingerprint density at radius 2 is 1.94 bits per heavy atom. The van der Waals surface area contributed by atoms with Gasteiger partial charge in [0.15, 0.2) is 5.13 Å². The molecular formula is C22H29N5O4S2. The fourth-order valence-corrected chi connectivity index (χ4v) is 6.78. The normalized spacial score (nSPS) is 19.2. The molecule has 2 amide bonds. The molecule has 0 spiro atoms. The van der Waals surface area contributed by atoms with Gasteiger partial charge in [-0.1, -0.05) is 13.8 Å².